The van der Waals surface area contributed by atoms with E-state index in [9.17, 15) is 14.7 Å². The molecule has 0 spiro atoms. The summed E-state index contributed by atoms with van der Waals surface area (Å²) in [5.41, 5.74) is 0.852. The molecule has 2 aromatic carbocycles. The number of aromatic hydroxyl groups is 1. The number of amides is 1. The molecule has 0 atom stereocenters. The number of aromatic carboxylic acids is 1. The summed E-state index contributed by atoms with van der Waals surface area (Å²) in [6, 6.07) is 12.9. The molecule has 0 fully saturated rings. The molecule has 3 N–H and O–H groups in total. The quantitative estimate of drug-likeness (QED) is 0.735. The second kappa shape index (κ2) is 8.15. The van der Waals surface area contributed by atoms with Gasteiger partial charge in [0, 0.05) is 31.2 Å². The summed E-state index contributed by atoms with van der Waals surface area (Å²) in [7, 11) is 0. The largest absolute Gasteiger partial charge is 0.507 e. The number of ether oxygens (including phenoxy) is 1. The van der Waals surface area contributed by atoms with Gasteiger partial charge in [-0.25, -0.2) is 9.59 Å². The van der Waals surface area contributed by atoms with Gasteiger partial charge >= 0.3 is 12.1 Å². The average molecular weight is 353 g/mol. The predicted octanol–water partition coefficient (Wildman–Crippen LogP) is 2.84. The minimum Gasteiger partial charge on any atom is -0.507 e. The molecule has 7 heteroatoms. The van der Waals surface area contributed by atoms with Crippen molar-refractivity contribution >= 4 is 17.7 Å². The number of nitrogens with one attached hydrogen (secondary N) is 1. The van der Waals surface area contributed by atoms with Gasteiger partial charge in [0.1, 0.15) is 17.9 Å². The number of hydrogen-bond acceptors (Lipinski definition) is 4. The molecule has 6 nitrogen and oxygen atoms in total. The molecular weight excluding hydrogens is 340 g/mol. The third kappa shape index (κ3) is 4.86. The van der Waals surface area contributed by atoms with Gasteiger partial charge in [0.25, 0.3) is 0 Å². The summed E-state index contributed by atoms with van der Waals surface area (Å²) in [4.78, 5) is 22.3. The van der Waals surface area contributed by atoms with Crippen LogP contribution in [-0.4, -0.2) is 22.3 Å². The zero-order valence-electron chi connectivity index (χ0n) is 11.7. The van der Waals surface area contributed by atoms with Gasteiger partial charge in [0.2, 0.25) is 0 Å². The average Bonchev–Trinajstić information content (AvgIpc) is 2.46. The monoisotopic (exact) mass is 351 g/mol. The van der Waals surface area contributed by atoms with Crippen molar-refractivity contribution < 1.29 is 44.0 Å². The standard InChI is InChI=1S/C15H13NO5.Zn/c17-13-8-11(6-7-12(13)14(18)19)16-15(20)21-9-10-4-2-1-3-5-10;/h1-8,17H,9H2,(H,16,20)(H,18,19);. The molecule has 0 aromatic heterocycles. The number of carbonyl (C=O) groups is 2. The maximum atomic E-state index is 11.6. The second-order valence-electron chi connectivity index (χ2n) is 4.22. The SMILES string of the molecule is O=C(Nc1ccc(C(=O)O)c(O)c1)OCc1ccccc1.[Zn]. The van der Waals surface area contributed by atoms with Gasteiger partial charge in [-0.15, -0.1) is 0 Å². The summed E-state index contributed by atoms with van der Waals surface area (Å²) in [5, 5.41) is 20.7. The fourth-order valence-electron chi connectivity index (χ4n) is 1.67. The Morgan fingerprint density at radius 2 is 1.77 bits per heavy atom. The van der Waals surface area contributed by atoms with Crippen LogP contribution >= 0.6 is 0 Å². The van der Waals surface area contributed by atoms with Crippen LogP contribution in [0.3, 0.4) is 0 Å². The minimum atomic E-state index is -1.24. The van der Waals surface area contributed by atoms with Gasteiger partial charge in [-0.2, -0.15) is 0 Å². The number of carboxylic acid groups (broad SMARTS) is 1. The fraction of sp³-hybridized carbons (Fsp3) is 0.0667. The molecule has 0 saturated heterocycles. The molecule has 2 aromatic rings. The Bertz CT molecular complexity index is 660. The summed E-state index contributed by atoms with van der Waals surface area (Å²) >= 11 is 0. The molecule has 110 valence electrons. The molecule has 0 heterocycles. The first kappa shape index (κ1) is 17.7. The number of hydrogen-bond donors (Lipinski definition) is 3. The number of phenols is 1. The van der Waals surface area contributed by atoms with E-state index in [1.165, 1.54) is 12.1 Å². The van der Waals surface area contributed by atoms with E-state index < -0.39 is 17.8 Å². The van der Waals surface area contributed by atoms with Crippen LogP contribution in [0.2, 0.25) is 0 Å². The minimum absolute atomic E-state index is 0. The van der Waals surface area contributed by atoms with Crippen LogP contribution in [-0.2, 0) is 30.8 Å². The summed E-state index contributed by atoms with van der Waals surface area (Å²) < 4.78 is 5.00. The Hall–Kier alpha value is -2.40. The Balaban J connectivity index is 0.00000242. The Morgan fingerprint density at radius 3 is 2.36 bits per heavy atom. The van der Waals surface area contributed by atoms with Crippen LogP contribution < -0.4 is 5.32 Å². The molecule has 1 amide bonds. The molecule has 2 rings (SSSR count). The van der Waals surface area contributed by atoms with E-state index in [0.29, 0.717) is 0 Å². The molecule has 0 unspecified atom stereocenters. The van der Waals surface area contributed by atoms with Crippen molar-refractivity contribution in [3.05, 3.63) is 59.7 Å². The second-order valence-corrected chi connectivity index (χ2v) is 4.22. The van der Waals surface area contributed by atoms with Crippen molar-refractivity contribution in [1.29, 1.82) is 0 Å². The Kier molecular flexibility index (Phi) is 6.54. The fourth-order valence-corrected chi connectivity index (χ4v) is 1.67. The molecule has 0 saturated carbocycles. The molecule has 0 aliphatic rings. The maximum absolute atomic E-state index is 11.6. The van der Waals surface area contributed by atoms with Crippen molar-refractivity contribution in [3.63, 3.8) is 0 Å². The molecular formula is C15H13NO5Zn. The van der Waals surface area contributed by atoms with E-state index in [1.807, 2.05) is 30.3 Å². The van der Waals surface area contributed by atoms with E-state index >= 15 is 0 Å². The first-order valence-corrected chi connectivity index (χ1v) is 6.10. The van der Waals surface area contributed by atoms with Gasteiger partial charge in [-0.1, -0.05) is 30.3 Å². The van der Waals surface area contributed by atoms with Crippen LogP contribution in [0.25, 0.3) is 0 Å². The summed E-state index contributed by atoms with van der Waals surface area (Å²) in [6.07, 6.45) is -0.693. The first-order valence-electron chi connectivity index (χ1n) is 6.10. The zero-order chi connectivity index (χ0) is 15.2. The van der Waals surface area contributed by atoms with Crippen molar-refractivity contribution in [1.82, 2.24) is 0 Å². The number of rotatable bonds is 4. The van der Waals surface area contributed by atoms with Gasteiger partial charge in [0.05, 0.1) is 0 Å². The van der Waals surface area contributed by atoms with Crippen molar-refractivity contribution in [2.75, 3.05) is 5.32 Å². The number of anilines is 1. The summed E-state index contributed by atoms with van der Waals surface area (Å²) in [5.74, 6) is -1.67. The third-order valence-corrected chi connectivity index (χ3v) is 2.69. The molecule has 0 aliphatic carbocycles. The van der Waals surface area contributed by atoms with Crippen LogP contribution in [0, 0.1) is 0 Å². The smallest absolute Gasteiger partial charge is 0.411 e. The molecule has 0 aliphatic heterocycles. The van der Waals surface area contributed by atoms with Crippen LogP contribution in [0.15, 0.2) is 48.5 Å². The molecule has 0 bridgehead atoms. The number of carboxylic acids is 1. The van der Waals surface area contributed by atoms with Crippen molar-refractivity contribution in [3.8, 4) is 5.75 Å². The van der Waals surface area contributed by atoms with E-state index in [0.717, 1.165) is 11.6 Å². The Labute approximate surface area is 139 Å². The van der Waals surface area contributed by atoms with Gasteiger partial charge in [0.15, 0.2) is 0 Å². The van der Waals surface area contributed by atoms with Gasteiger partial charge in [-0.05, 0) is 17.7 Å². The maximum Gasteiger partial charge on any atom is 0.411 e. The number of benzene rings is 2. The Morgan fingerprint density at radius 1 is 1.09 bits per heavy atom. The number of carbonyl (C=O) groups excluding carboxylic acids is 1. The van der Waals surface area contributed by atoms with Gasteiger partial charge < -0.3 is 14.9 Å². The van der Waals surface area contributed by atoms with E-state index in [2.05, 4.69) is 5.32 Å². The van der Waals surface area contributed by atoms with Crippen LogP contribution in [0.1, 0.15) is 15.9 Å². The van der Waals surface area contributed by atoms with Crippen molar-refractivity contribution in [2.45, 2.75) is 6.61 Å². The predicted molar refractivity (Wildman–Crippen MR) is 75.3 cm³/mol. The van der Waals surface area contributed by atoms with E-state index in [-0.39, 0.29) is 37.3 Å². The van der Waals surface area contributed by atoms with Gasteiger partial charge in [-0.3, -0.25) is 5.32 Å². The molecule has 22 heavy (non-hydrogen) atoms. The van der Waals surface area contributed by atoms with Crippen molar-refractivity contribution in [2.24, 2.45) is 0 Å². The van der Waals surface area contributed by atoms with Crippen LogP contribution in [0.4, 0.5) is 10.5 Å². The van der Waals surface area contributed by atoms with Crippen LogP contribution in [0.5, 0.6) is 5.75 Å². The zero-order valence-corrected chi connectivity index (χ0v) is 14.6. The first-order chi connectivity index (χ1) is 10.1. The summed E-state index contributed by atoms with van der Waals surface area (Å²) in [6.45, 7) is 0.117. The third-order valence-electron chi connectivity index (χ3n) is 2.69. The van der Waals surface area contributed by atoms with E-state index in [4.69, 9.17) is 9.84 Å². The van der Waals surface area contributed by atoms with E-state index in [1.54, 1.807) is 0 Å². The molecule has 0 radical (unpaired) electrons. The normalized spacial score (nSPS) is 9.45. The topological polar surface area (TPSA) is 95.9 Å².